The van der Waals surface area contributed by atoms with E-state index in [1.165, 1.54) is 0 Å². The van der Waals surface area contributed by atoms with Crippen molar-refractivity contribution in [1.82, 2.24) is 4.90 Å². The molecule has 0 aromatic carbocycles. The summed E-state index contributed by atoms with van der Waals surface area (Å²) in [6.07, 6.45) is -6.53. The molecule has 1 unspecified atom stereocenters. The van der Waals surface area contributed by atoms with Crippen molar-refractivity contribution < 1.29 is 32.2 Å². The molecule has 0 fully saturated rings. The number of amides is 1. The molecule has 5 nitrogen and oxygen atoms in total. The van der Waals surface area contributed by atoms with E-state index in [1.807, 2.05) is 0 Å². The average Bonchev–Trinajstić information content (AvgIpc) is 2.62. The van der Waals surface area contributed by atoms with Gasteiger partial charge in [-0.2, -0.15) is 13.2 Å². The second kappa shape index (κ2) is 5.26. The Kier molecular flexibility index (Phi) is 4.22. The third kappa shape index (κ3) is 3.26. The van der Waals surface area contributed by atoms with Crippen LogP contribution in [0.25, 0.3) is 0 Å². The number of ether oxygens (including phenoxy) is 3. The van der Waals surface area contributed by atoms with Gasteiger partial charge in [-0.15, -0.1) is 0 Å². The number of rotatable bonds is 3. The van der Waals surface area contributed by atoms with E-state index < -0.39 is 24.4 Å². The second-order valence-corrected chi connectivity index (χ2v) is 2.98. The third-order valence-corrected chi connectivity index (χ3v) is 1.78. The van der Waals surface area contributed by atoms with Gasteiger partial charge in [0.05, 0.1) is 12.8 Å². The highest BCUT2D eigenvalue weighted by molar-refractivity contribution is 5.69. The molecular formula is C9H12F3NO4. The summed E-state index contributed by atoms with van der Waals surface area (Å²) in [5.41, 5.74) is 0. The fourth-order valence-corrected chi connectivity index (χ4v) is 1.12. The van der Waals surface area contributed by atoms with Gasteiger partial charge in [-0.05, 0) is 13.8 Å². The standard InChI is InChI=1S/C9H12F3NO4/c1-3-15-7(14)13-5-6(9(10,11)12)17-8(13)16-4-2/h5,8H,3-4H2,1-2H3. The molecule has 17 heavy (non-hydrogen) atoms. The first-order chi connectivity index (χ1) is 7.90. The lowest BCUT2D eigenvalue weighted by Gasteiger charge is -2.21. The number of carbonyl (C=O) groups is 1. The van der Waals surface area contributed by atoms with Crippen molar-refractivity contribution in [3.63, 3.8) is 0 Å². The van der Waals surface area contributed by atoms with E-state index in [9.17, 15) is 18.0 Å². The van der Waals surface area contributed by atoms with Gasteiger partial charge in [0.25, 0.3) is 6.41 Å². The summed E-state index contributed by atoms with van der Waals surface area (Å²) >= 11 is 0. The van der Waals surface area contributed by atoms with Crippen molar-refractivity contribution in [1.29, 1.82) is 0 Å². The predicted octanol–water partition coefficient (Wildman–Crippen LogP) is 2.20. The third-order valence-electron chi connectivity index (χ3n) is 1.78. The van der Waals surface area contributed by atoms with Crippen molar-refractivity contribution in [2.75, 3.05) is 13.2 Å². The summed E-state index contributed by atoms with van der Waals surface area (Å²) in [7, 11) is 0. The predicted molar refractivity (Wildman–Crippen MR) is 49.5 cm³/mol. The first kappa shape index (κ1) is 13.6. The number of allylic oxidation sites excluding steroid dienone is 1. The van der Waals surface area contributed by atoms with E-state index in [2.05, 4.69) is 9.47 Å². The Balaban J connectivity index is 2.81. The van der Waals surface area contributed by atoms with E-state index >= 15 is 0 Å². The molecule has 0 bridgehead atoms. The van der Waals surface area contributed by atoms with E-state index in [1.54, 1.807) is 13.8 Å². The molecule has 0 radical (unpaired) electrons. The fraction of sp³-hybridized carbons (Fsp3) is 0.667. The molecule has 0 aromatic rings. The van der Waals surface area contributed by atoms with Crippen LogP contribution >= 0.6 is 0 Å². The number of nitrogens with zero attached hydrogens (tertiary/aromatic N) is 1. The number of carbonyl (C=O) groups excluding carboxylic acids is 1. The van der Waals surface area contributed by atoms with E-state index in [4.69, 9.17) is 4.74 Å². The van der Waals surface area contributed by atoms with E-state index in [0.29, 0.717) is 11.1 Å². The van der Waals surface area contributed by atoms with Gasteiger partial charge in [0, 0.05) is 6.61 Å². The smallest absolute Gasteiger partial charge is 0.449 e. The zero-order chi connectivity index (χ0) is 13.1. The lowest BCUT2D eigenvalue weighted by atomic mass is 10.5. The van der Waals surface area contributed by atoms with Crippen molar-refractivity contribution in [3.8, 4) is 0 Å². The minimum Gasteiger partial charge on any atom is -0.449 e. The Morgan fingerprint density at radius 1 is 1.47 bits per heavy atom. The van der Waals surface area contributed by atoms with Gasteiger partial charge in [-0.25, -0.2) is 9.69 Å². The maximum atomic E-state index is 12.4. The summed E-state index contributed by atoms with van der Waals surface area (Å²) in [5.74, 6) is -1.29. The molecule has 0 saturated heterocycles. The maximum absolute atomic E-state index is 12.4. The second-order valence-electron chi connectivity index (χ2n) is 2.98. The van der Waals surface area contributed by atoms with Gasteiger partial charge in [-0.3, -0.25) is 0 Å². The minimum atomic E-state index is -4.67. The largest absolute Gasteiger partial charge is 0.450 e. The first-order valence-electron chi connectivity index (χ1n) is 4.92. The Bertz CT molecular complexity index is 316. The Morgan fingerprint density at radius 3 is 2.59 bits per heavy atom. The van der Waals surface area contributed by atoms with Crippen LogP contribution in [0.5, 0.6) is 0 Å². The van der Waals surface area contributed by atoms with Crippen molar-refractivity contribution in [3.05, 3.63) is 12.0 Å². The lowest BCUT2D eigenvalue weighted by Crippen LogP contribution is -2.36. The molecule has 0 spiro atoms. The fourth-order valence-electron chi connectivity index (χ4n) is 1.12. The van der Waals surface area contributed by atoms with Gasteiger partial charge < -0.3 is 14.2 Å². The molecule has 1 aliphatic heterocycles. The zero-order valence-corrected chi connectivity index (χ0v) is 9.28. The molecule has 0 saturated carbocycles. The molecule has 0 aliphatic carbocycles. The van der Waals surface area contributed by atoms with Crippen molar-refractivity contribution >= 4 is 6.09 Å². The first-order valence-corrected chi connectivity index (χ1v) is 4.92. The number of hydrogen-bond donors (Lipinski definition) is 0. The Hall–Kier alpha value is -1.44. The van der Waals surface area contributed by atoms with Crippen LogP contribution in [-0.4, -0.2) is 36.8 Å². The SMILES string of the molecule is CCOC(=O)N1C=C(C(F)(F)F)OC1OCC. The summed E-state index contributed by atoms with van der Waals surface area (Å²) in [6.45, 7) is 3.25. The molecule has 1 heterocycles. The molecule has 0 N–H and O–H groups in total. The van der Waals surface area contributed by atoms with Crippen LogP contribution in [-0.2, 0) is 14.2 Å². The Labute approximate surface area is 95.7 Å². The average molecular weight is 255 g/mol. The van der Waals surface area contributed by atoms with Crippen LogP contribution in [0, 0.1) is 0 Å². The van der Waals surface area contributed by atoms with Crippen LogP contribution in [0.1, 0.15) is 13.8 Å². The highest BCUT2D eigenvalue weighted by Crippen LogP contribution is 2.33. The Morgan fingerprint density at radius 2 is 2.12 bits per heavy atom. The molecule has 98 valence electrons. The minimum absolute atomic E-state index is 0.0450. The van der Waals surface area contributed by atoms with E-state index in [0.717, 1.165) is 0 Å². The van der Waals surface area contributed by atoms with Gasteiger partial charge in [-0.1, -0.05) is 0 Å². The maximum Gasteiger partial charge on any atom is 0.450 e. The molecule has 1 amide bonds. The van der Waals surface area contributed by atoms with Crippen molar-refractivity contribution in [2.24, 2.45) is 0 Å². The van der Waals surface area contributed by atoms with Gasteiger partial charge >= 0.3 is 12.3 Å². The molecule has 1 atom stereocenters. The lowest BCUT2D eigenvalue weighted by molar-refractivity contribution is -0.198. The molecular weight excluding hydrogens is 243 g/mol. The topological polar surface area (TPSA) is 48.0 Å². The molecule has 1 rings (SSSR count). The molecule has 0 aromatic heterocycles. The zero-order valence-electron chi connectivity index (χ0n) is 9.28. The summed E-state index contributed by atoms with van der Waals surface area (Å²) in [5, 5.41) is 0. The normalized spacial score (nSPS) is 19.9. The van der Waals surface area contributed by atoms with Gasteiger partial charge in [0.1, 0.15) is 0 Å². The monoisotopic (exact) mass is 255 g/mol. The highest BCUT2D eigenvalue weighted by atomic mass is 19.4. The van der Waals surface area contributed by atoms with Gasteiger partial charge in [0.15, 0.2) is 0 Å². The summed E-state index contributed by atoms with van der Waals surface area (Å²) in [4.78, 5) is 12.0. The van der Waals surface area contributed by atoms with Crippen LogP contribution < -0.4 is 0 Å². The van der Waals surface area contributed by atoms with Gasteiger partial charge in [0.2, 0.25) is 5.76 Å². The van der Waals surface area contributed by atoms with Crippen LogP contribution in [0.2, 0.25) is 0 Å². The highest BCUT2D eigenvalue weighted by Gasteiger charge is 2.45. The number of halogens is 3. The van der Waals surface area contributed by atoms with Crippen LogP contribution in [0.4, 0.5) is 18.0 Å². The van der Waals surface area contributed by atoms with Crippen molar-refractivity contribution in [2.45, 2.75) is 26.4 Å². The molecule has 8 heteroatoms. The van der Waals surface area contributed by atoms with E-state index in [-0.39, 0.29) is 13.2 Å². The van der Waals surface area contributed by atoms with Crippen LogP contribution in [0.15, 0.2) is 12.0 Å². The number of alkyl halides is 3. The number of hydrogen-bond acceptors (Lipinski definition) is 4. The molecule has 1 aliphatic rings. The van der Waals surface area contributed by atoms with Crippen LogP contribution in [0.3, 0.4) is 0 Å². The quantitative estimate of drug-likeness (QED) is 0.775. The summed E-state index contributed by atoms with van der Waals surface area (Å²) < 4.78 is 51.0. The summed E-state index contributed by atoms with van der Waals surface area (Å²) in [6, 6.07) is 0.